The van der Waals surface area contributed by atoms with Crippen molar-refractivity contribution in [2.24, 2.45) is 27.8 Å². The summed E-state index contributed by atoms with van der Waals surface area (Å²) in [5.41, 5.74) is 10.4. The molecule has 124 valence electrons. The van der Waals surface area contributed by atoms with Gasteiger partial charge >= 0.3 is 5.97 Å². The lowest BCUT2D eigenvalue weighted by Crippen LogP contribution is -2.29. The van der Waals surface area contributed by atoms with Crippen LogP contribution in [0.4, 0.5) is 0 Å². The number of nitrogens with two attached hydrogens (primary N) is 2. The maximum Gasteiger partial charge on any atom is 0.352 e. The second-order valence-electron chi connectivity index (χ2n) is 6.31. The van der Waals surface area contributed by atoms with E-state index in [0.717, 1.165) is 25.7 Å². The summed E-state index contributed by atoms with van der Waals surface area (Å²) in [6.45, 7) is 4.57. The fourth-order valence-corrected chi connectivity index (χ4v) is 2.21. The van der Waals surface area contributed by atoms with Crippen molar-refractivity contribution in [3.63, 3.8) is 0 Å². The lowest BCUT2D eigenvalue weighted by Gasteiger charge is -2.07. The second-order valence-corrected chi connectivity index (χ2v) is 6.31. The highest BCUT2D eigenvalue weighted by atomic mass is 16.4. The molecule has 1 atom stereocenters. The van der Waals surface area contributed by atoms with E-state index in [1.807, 2.05) is 13.8 Å². The summed E-state index contributed by atoms with van der Waals surface area (Å²) >= 11 is 0. The molecule has 22 heavy (non-hydrogen) atoms. The molecule has 0 aromatic heterocycles. The highest BCUT2D eigenvalue weighted by Gasteiger charge is 2.50. The molecule has 0 spiro atoms. The van der Waals surface area contributed by atoms with Crippen molar-refractivity contribution in [3.8, 4) is 0 Å². The summed E-state index contributed by atoms with van der Waals surface area (Å²) in [4.78, 5) is 26.9. The van der Waals surface area contributed by atoms with Gasteiger partial charge in [-0.2, -0.15) is 0 Å². The molecule has 0 bridgehead atoms. The molecule has 1 aliphatic rings. The predicted molar refractivity (Wildman–Crippen MR) is 84.9 cm³/mol. The predicted octanol–water partition coefficient (Wildman–Crippen LogP) is 0.951. The van der Waals surface area contributed by atoms with Crippen LogP contribution in [-0.4, -0.2) is 29.5 Å². The zero-order valence-corrected chi connectivity index (χ0v) is 13.3. The smallest absolute Gasteiger partial charge is 0.352 e. The largest absolute Gasteiger partial charge is 0.477 e. The molecule has 0 heterocycles. The number of aliphatic carboxylic acids is 1. The Bertz CT molecular complexity index is 479. The average Bonchev–Trinajstić information content (AvgIpc) is 3.04. The number of carbonyl (C=O) groups excluding carboxylic acids is 1. The maximum atomic E-state index is 11.9. The number of carboxylic acids is 1. The molecule has 0 saturated heterocycles. The molecule has 1 rings (SSSR count). The number of carbonyl (C=O) groups is 2. The standard InChI is InChI=1S/C15H26N4O3/c1-15(2)9-10(15)12(20)19-11(13(21)22)7-5-3-4-6-8-18-14(16)17/h7,10H,3-6,8-9H2,1-2H3,(H,19,20)(H,21,22)(H4,16,17,18)/b11-7+. The van der Waals surface area contributed by atoms with Gasteiger partial charge in [0.1, 0.15) is 5.70 Å². The molecule has 7 heteroatoms. The molecule has 1 fully saturated rings. The van der Waals surface area contributed by atoms with E-state index in [1.165, 1.54) is 0 Å². The average molecular weight is 310 g/mol. The molecule has 7 nitrogen and oxygen atoms in total. The number of allylic oxidation sites excluding steroid dienone is 1. The van der Waals surface area contributed by atoms with Crippen molar-refractivity contribution >= 4 is 17.8 Å². The molecular formula is C15H26N4O3. The summed E-state index contributed by atoms with van der Waals surface area (Å²) in [5, 5.41) is 11.6. The number of aliphatic imine (C=N–C) groups is 1. The van der Waals surface area contributed by atoms with Gasteiger partial charge in [0, 0.05) is 12.5 Å². The SMILES string of the molecule is CC1(C)CC1C(=O)N/C(=C/CCCCCN=C(N)N)C(=O)O. The number of guanidine groups is 1. The number of carboxylic acid groups (broad SMARTS) is 1. The van der Waals surface area contributed by atoms with E-state index in [0.29, 0.717) is 13.0 Å². The first-order chi connectivity index (χ1) is 10.2. The lowest BCUT2D eigenvalue weighted by molar-refractivity contribution is -0.135. The Labute approximate surface area is 130 Å². The van der Waals surface area contributed by atoms with Crippen molar-refractivity contribution < 1.29 is 14.7 Å². The highest BCUT2D eigenvalue weighted by Crippen LogP contribution is 2.51. The molecule has 1 amide bonds. The summed E-state index contributed by atoms with van der Waals surface area (Å²) < 4.78 is 0. The Morgan fingerprint density at radius 2 is 1.95 bits per heavy atom. The van der Waals surface area contributed by atoms with E-state index in [1.54, 1.807) is 6.08 Å². The third kappa shape index (κ3) is 6.15. The van der Waals surface area contributed by atoms with Gasteiger partial charge in [-0.3, -0.25) is 9.79 Å². The van der Waals surface area contributed by atoms with Crippen LogP contribution in [0.2, 0.25) is 0 Å². The molecule has 0 aromatic carbocycles. The number of hydrogen-bond acceptors (Lipinski definition) is 3. The fourth-order valence-electron chi connectivity index (χ4n) is 2.21. The van der Waals surface area contributed by atoms with E-state index in [2.05, 4.69) is 10.3 Å². The number of nitrogens with zero attached hydrogens (tertiary/aromatic N) is 1. The number of rotatable bonds is 9. The van der Waals surface area contributed by atoms with Crippen LogP contribution in [0.5, 0.6) is 0 Å². The minimum Gasteiger partial charge on any atom is -0.477 e. The van der Waals surface area contributed by atoms with Crippen molar-refractivity contribution in [2.45, 2.75) is 46.0 Å². The van der Waals surface area contributed by atoms with Crippen molar-refractivity contribution in [2.75, 3.05) is 6.54 Å². The van der Waals surface area contributed by atoms with Gasteiger partial charge in [0.15, 0.2) is 5.96 Å². The summed E-state index contributed by atoms with van der Waals surface area (Å²) in [6, 6.07) is 0. The number of hydrogen-bond donors (Lipinski definition) is 4. The zero-order chi connectivity index (χ0) is 16.8. The van der Waals surface area contributed by atoms with Gasteiger partial charge in [0.05, 0.1) is 0 Å². The fraction of sp³-hybridized carbons (Fsp3) is 0.667. The third-order valence-corrected chi connectivity index (χ3v) is 3.82. The summed E-state index contributed by atoms with van der Waals surface area (Å²) in [5.74, 6) is -1.31. The van der Waals surface area contributed by atoms with E-state index < -0.39 is 5.97 Å². The summed E-state index contributed by atoms with van der Waals surface area (Å²) in [6.07, 6.45) is 5.52. The van der Waals surface area contributed by atoms with Crippen LogP contribution >= 0.6 is 0 Å². The Morgan fingerprint density at radius 3 is 2.45 bits per heavy atom. The normalized spacial score (nSPS) is 19.4. The Balaban J connectivity index is 2.32. The minimum atomic E-state index is -1.10. The molecular weight excluding hydrogens is 284 g/mol. The van der Waals surface area contributed by atoms with E-state index in [-0.39, 0.29) is 28.9 Å². The van der Waals surface area contributed by atoms with Crippen LogP contribution in [-0.2, 0) is 9.59 Å². The van der Waals surface area contributed by atoms with Gasteiger partial charge in [-0.1, -0.05) is 26.3 Å². The van der Waals surface area contributed by atoms with Crippen LogP contribution < -0.4 is 16.8 Å². The number of amides is 1. The molecule has 1 saturated carbocycles. The molecule has 0 aromatic rings. The topological polar surface area (TPSA) is 131 Å². The van der Waals surface area contributed by atoms with Gasteiger partial charge < -0.3 is 21.9 Å². The van der Waals surface area contributed by atoms with Gasteiger partial charge in [0.2, 0.25) is 5.91 Å². The lowest BCUT2D eigenvalue weighted by atomic mass is 10.1. The van der Waals surface area contributed by atoms with Gasteiger partial charge in [-0.15, -0.1) is 0 Å². The summed E-state index contributed by atoms with van der Waals surface area (Å²) in [7, 11) is 0. The minimum absolute atomic E-state index is 0.0148. The van der Waals surface area contributed by atoms with Crippen molar-refractivity contribution in [1.29, 1.82) is 0 Å². The first kappa shape index (κ1) is 18.0. The van der Waals surface area contributed by atoms with E-state index >= 15 is 0 Å². The number of unbranched alkanes of at least 4 members (excludes halogenated alkanes) is 3. The first-order valence-corrected chi connectivity index (χ1v) is 7.54. The molecule has 0 radical (unpaired) electrons. The molecule has 6 N–H and O–H groups in total. The number of nitrogens with one attached hydrogen (secondary N) is 1. The third-order valence-electron chi connectivity index (χ3n) is 3.82. The monoisotopic (exact) mass is 310 g/mol. The van der Waals surface area contributed by atoms with Crippen LogP contribution in [0.25, 0.3) is 0 Å². The molecule has 0 aliphatic heterocycles. The first-order valence-electron chi connectivity index (χ1n) is 7.54. The van der Waals surface area contributed by atoms with Crippen LogP contribution in [0.1, 0.15) is 46.0 Å². The maximum absolute atomic E-state index is 11.9. The Kier molecular flexibility index (Phi) is 6.39. The van der Waals surface area contributed by atoms with Gasteiger partial charge in [0.25, 0.3) is 0 Å². The Hall–Kier alpha value is -2.05. The van der Waals surface area contributed by atoms with E-state index in [4.69, 9.17) is 16.6 Å². The highest BCUT2D eigenvalue weighted by molar-refractivity contribution is 5.94. The van der Waals surface area contributed by atoms with Crippen LogP contribution in [0, 0.1) is 11.3 Å². The zero-order valence-electron chi connectivity index (χ0n) is 13.3. The quantitative estimate of drug-likeness (QED) is 0.218. The van der Waals surface area contributed by atoms with E-state index in [9.17, 15) is 9.59 Å². The Morgan fingerprint density at radius 1 is 1.32 bits per heavy atom. The molecule has 1 aliphatic carbocycles. The van der Waals surface area contributed by atoms with Crippen molar-refractivity contribution in [3.05, 3.63) is 11.8 Å². The van der Waals surface area contributed by atoms with Crippen molar-refractivity contribution in [1.82, 2.24) is 5.32 Å². The molecule has 1 unspecified atom stereocenters. The van der Waals surface area contributed by atoms with Gasteiger partial charge in [-0.05, 0) is 31.1 Å². The van der Waals surface area contributed by atoms with Crippen LogP contribution in [0.3, 0.4) is 0 Å². The van der Waals surface area contributed by atoms with Gasteiger partial charge in [-0.25, -0.2) is 4.79 Å². The van der Waals surface area contributed by atoms with Crippen LogP contribution in [0.15, 0.2) is 16.8 Å². The second kappa shape index (κ2) is 7.82.